The van der Waals surface area contributed by atoms with Gasteiger partial charge in [0.1, 0.15) is 5.75 Å². The Morgan fingerprint density at radius 2 is 1.45 bits per heavy atom. The summed E-state index contributed by atoms with van der Waals surface area (Å²) >= 11 is 0. The van der Waals surface area contributed by atoms with Crippen LogP contribution in [0.15, 0.2) is 72.8 Å². The number of hydrogen-bond acceptors (Lipinski definition) is 4. The van der Waals surface area contributed by atoms with E-state index >= 15 is 0 Å². The predicted octanol–water partition coefficient (Wildman–Crippen LogP) is 4.23. The summed E-state index contributed by atoms with van der Waals surface area (Å²) in [7, 11) is 0. The molecule has 5 heteroatoms. The van der Waals surface area contributed by atoms with Crippen LogP contribution in [-0.4, -0.2) is 23.1 Å². The van der Waals surface area contributed by atoms with Gasteiger partial charge in [-0.15, -0.1) is 0 Å². The van der Waals surface area contributed by atoms with E-state index in [2.05, 4.69) is 5.32 Å². The number of ether oxygens (including phenoxy) is 1. The highest BCUT2D eigenvalue weighted by Crippen LogP contribution is 2.22. The minimum absolute atomic E-state index is 0.198. The monoisotopic (exact) mass is 389 g/mol. The van der Waals surface area contributed by atoms with E-state index in [9.17, 15) is 14.7 Å². The van der Waals surface area contributed by atoms with Crippen molar-refractivity contribution >= 4 is 11.9 Å². The number of aryl methyl sites for hydroxylation is 1. The second-order valence-electron chi connectivity index (χ2n) is 6.88. The minimum Gasteiger partial charge on any atom is -0.508 e. The Hall–Kier alpha value is -3.60. The van der Waals surface area contributed by atoms with Crippen molar-refractivity contribution in [3.05, 3.63) is 89.5 Å². The van der Waals surface area contributed by atoms with Crippen molar-refractivity contribution in [3.8, 4) is 16.9 Å². The molecule has 0 aliphatic carbocycles. The van der Waals surface area contributed by atoms with Crippen LogP contribution in [-0.2, 0) is 16.1 Å². The molecule has 0 bridgehead atoms. The molecule has 5 nitrogen and oxygen atoms in total. The SMILES string of the molecule is Cc1ccc(CNC(=O)[C@H](C)OC(=O)c2ccc(-c3ccc(O)cc3)cc2)cc1. The molecule has 3 aromatic carbocycles. The third-order valence-corrected chi connectivity index (χ3v) is 4.56. The van der Waals surface area contributed by atoms with Crippen molar-refractivity contribution in [1.29, 1.82) is 0 Å². The maximum Gasteiger partial charge on any atom is 0.338 e. The van der Waals surface area contributed by atoms with Gasteiger partial charge in [0, 0.05) is 6.54 Å². The molecule has 3 rings (SSSR count). The molecular weight excluding hydrogens is 366 g/mol. The highest BCUT2D eigenvalue weighted by atomic mass is 16.5. The number of phenols is 1. The van der Waals surface area contributed by atoms with Crippen LogP contribution in [0.3, 0.4) is 0 Å². The van der Waals surface area contributed by atoms with E-state index in [1.807, 2.05) is 31.2 Å². The molecule has 0 aromatic heterocycles. The molecule has 0 fully saturated rings. The number of carbonyl (C=O) groups excluding carboxylic acids is 2. The van der Waals surface area contributed by atoms with Gasteiger partial charge in [-0.2, -0.15) is 0 Å². The van der Waals surface area contributed by atoms with Crippen molar-refractivity contribution in [2.45, 2.75) is 26.5 Å². The fourth-order valence-corrected chi connectivity index (χ4v) is 2.77. The molecule has 1 amide bonds. The average Bonchev–Trinajstić information content (AvgIpc) is 2.73. The number of phenolic OH excluding ortho intramolecular Hbond substituents is 1. The van der Waals surface area contributed by atoms with Crippen molar-refractivity contribution in [1.82, 2.24) is 5.32 Å². The van der Waals surface area contributed by atoms with Gasteiger partial charge < -0.3 is 15.2 Å². The molecule has 148 valence electrons. The number of nitrogens with one attached hydrogen (secondary N) is 1. The molecule has 3 aromatic rings. The van der Waals surface area contributed by atoms with E-state index in [1.165, 1.54) is 0 Å². The van der Waals surface area contributed by atoms with Gasteiger partial charge in [-0.1, -0.05) is 54.1 Å². The highest BCUT2D eigenvalue weighted by Gasteiger charge is 2.18. The highest BCUT2D eigenvalue weighted by molar-refractivity contribution is 5.92. The fourth-order valence-electron chi connectivity index (χ4n) is 2.77. The summed E-state index contributed by atoms with van der Waals surface area (Å²) < 4.78 is 5.28. The van der Waals surface area contributed by atoms with Crippen LogP contribution in [0.2, 0.25) is 0 Å². The zero-order valence-corrected chi connectivity index (χ0v) is 16.4. The first-order chi connectivity index (χ1) is 13.9. The van der Waals surface area contributed by atoms with Gasteiger partial charge in [-0.05, 0) is 54.8 Å². The van der Waals surface area contributed by atoms with Gasteiger partial charge in [0.05, 0.1) is 5.56 Å². The van der Waals surface area contributed by atoms with Gasteiger partial charge in [0.25, 0.3) is 5.91 Å². The lowest BCUT2D eigenvalue weighted by atomic mass is 10.0. The predicted molar refractivity (Wildman–Crippen MR) is 111 cm³/mol. The molecule has 1 atom stereocenters. The summed E-state index contributed by atoms with van der Waals surface area (Å²) in [6, 6.07) is 21.6. The quantitative estimate of drug-likeness (QED) is 0.619. The number of amides is 1. The Morgan fingerprint density at radius 3 is 2.03 bits per heavy atom. The summed E-state index contributed by atoms with van der Waals surface area (Å²) in [6.45, 7) is 3.93. The third-order valence-electron chi connectivity index (χ3n) is 4.56. The van der Waals surface area contributed by atoms with E-state index in [0.29, 0.717) is 12.1 Å². The van der Waals surface area contributed by atoms with Crippen molar-refractivity contribution in [2.24, 2.45) is 0 Å². The summed E-state index contributed by atoms with van der Waals surface area (Å²) in [5.41, 5.74) is 4.33. The van der Waals surface area contributed by atoms with E-state index in [4.69, 9.17) is 4.74 Å². The first-order valence-electron chi connectivity index (χ1n) is 9.36. The van der Waals surface area contributed by atoms with Crippen LogP contribution in [0, 0.1) is 6.92 Å². The zero-order valence-electron chi connectivity index (χ0n) is 16.4. The Kier molecular flexibility index (Phi) is 6.29. The Bertz CT molecular complexity index is 977. The zero-order chi connectivity index (χ0) is 20.8. The van der Waals surface area contributed by atoms with Crippen LogP contribution in [0.5, 0.6) is 5.75 Å². The molecule has 0 heterocycles. The number of esters is 1. The van der Waals surface area contributed by atoms with Crippen LogP contribution < -0.4 is 5.32 Å². The first kappa shape index (κ1) is 20.1. The molecule has 0 spiro atoms. The molecule has 29 heavy (non-hydrogen) atoms. The summed E-state index contributed by atoms with van der Waals surface area (Å²) in [4.78, 5) is 24.5. The lowest BCUT2D eigenvalue weighted by Crippen LogP contribution is -2.35. The molecule has 0 radical (unpaired) electrons. The lowest BCUT2D eigenvalue weighted by Gasteiger charge is -2.14. The van der Waals surface area contributed by atoms with Crippen LogP contribution in [0.1, 0.15) is 28.4 Å². The van der Waals surface area contributed by atoms with Crippen LogP contribution in [0.4, 0.5) is 0 Å². The first-order valence-corrected chi connectivity index (χ1v) is 9.36. The van der Waals surface area contributed by atoms with Crippen molar-refractivity contribution in [2.75, 3.05) is 0 Å². The van der Waals surface area contributed by atoms with Gasteiger partial charge in [0.15, 0.2) is 6.10 Å². The second-order valence-corrected chi connectivity index (χ2v) is 6.88. The van der Waals surface area contributed by atoms with E-state index in [-0.39, 0.29) is 11.7 Å². The minimum atomic E-state index is -0.898. The average molecular weight is 389 g/mol. The van der Waals surface area contributed by atoms with Gasteiger partial charge in [-0.25, -0.2) is 4.79 Å². The second kappa shape index (κ2) is 9.06. The Labute approximate surface area is 170 Å². The van der Waals surface area contributed by atoms with Gasteiger partial charge in [-0.3, -0.25) is 4.79 Å². The lowest BCUT2D eigenvalue weighted by molar-refractivity contribution is -0.129. The molecule has 0 aliphatic rings. The van der Waals surface area contributed by atoms with E-state index < -0.39 is 12.1 Å². The summed E-state index contributed by atoms with van der Waals surface area (Å²) in [5, 5.41) is 12.1. The standard InChI is InChI=1S/C24H23NO4/c1-16-3-5-18(6-4-16)15-25-23(27)17(2)29-24(28)21-9-7-19(8-10-21)20-11-13-22(26)14-12-20/h3-14,17,26H,15H2,1-2H3,(H,25,27)/t17-/m0/s1. The summed E-state index contributed by atoms with van der Waals surface area (Å²) in [6.07, 6.45) is -0.898. The number of aromatic hydroxyl groups is 1. The number of benzene rings is 3. The molecule has 0 aliphatic heterocycles. The molecule has 0 unspecified atom stereocenters. The number of hydrogen-bond donors (Lipinski definition) is 2. The normalized spacial score (nSPS) is 11.5. The fraction of sp³-hybridized carbons (Fsp3) is 0.167. The van der Waals surface area contributed by atoms with Gasteiger partial charge >= 0.3 is 5.97 Å². The molecule has 2 N–H and O–H groups in total. The third kappa shape index (κ3) is 5.45. The van der Waals surface area contributed by atoms with Crippen molar-refractivity contribution < 1.29 is 19.4 Å². The topological polar surface area (TPSA) is 75.6 Å². The molecule has 0 saturated carbocycles. The summed E-state index contributed by atoms with van der Waals surface area (Å²) in [5.74, 6) is -0.705. The smallest absolute Gasteiger partial charge is 0.338 e. The molecular formula is C24H23NO4. The van der Waals surface area contributed by atoms with Gasteiger partial charge in [0.2, 0.25) is 0 Å². The largest absolute Gasteiger partial charge is 0.508 e. The van der Waals surface area contributed by atoms with E-state index in [1.54, 1.807) is 55.5 Å². The molecule has 0 saturated heterocycles. The number of rotatable bonds is 6. The van der Waals surface area contributed by atoms with Crippen molar-refractivity contribution in [3.63, 3.8) is 0 Å². The Balaban J connectivity index is 1.55. The Morgan fingerprint density at radius 1 is 0.897 bits per heavy atom. The van der Waals surface area contributed by atoms with E-state index in [0.717, 1.165) is 22.3 Å². The number of carbonyl (C=O) groups is 2. The maximum atomic E-state index is 12.3. The van der Waals surface area contributed by atoms with Crippen LogP contribution >= 0.6 is 0 Å². The van der Waals surface area contributed by atoms with Crippen LogP contribution in [0.25, 0.3) is 11.1 Å². The maximum absolute atomic E-state index is 12.3.